The van der Waals surface area contributed by atoms with Gasteiger partial charge in [0, 0.05) is 16.6 Å². The fraction of sp³-hybridized carbons (Fsp3) is 0.333. The number of rotatable bonds is 2. The first-order chi connectivity index (χ1) is 6.02. The van der Waals surface area contributed by atoms with Crippen LogP contribution in [0.15, 0.2) is 18.2 Å². The Morgan fingerprint density at radius 2 is 2.15 bits per heavy atom. The van der Waals surface area contributed by atoms with E-state index >= 15 is 0 Å². The molecule has 1 rings (SSSR count). The van der Waals surface area contributed by atoms with E-state index in [1.807, 2.05) is 0 Å². The minimum atomic E-state index is -0.854. The molecule has 0 fully saturated rings. The van der Waals surface area contributed by atoms with Gasteiger partial charge < -0.3 is 10.8 Å². The Labute approximate surface area is 81.1 Å². The van der Waals surface area contributed by atoms with Crippen LogP contribution in [0.3, 0.4) is 0 Å². The monoisotopic (exact) mass is 203 g/mol. The molecule has 0 aliphatic heterocycles. The van der Waals surface area contributed by atoms with E-state index < -0.39 is 18.0 Å². The van der Waals surface area contributed by atoms with Crippen LogP contribution in [-0.4, -0.2) is 11.1 Å². The smallest absolute Gasteiger partial charge is 0.124 e. The number of benzene rings is 1. The van der Waals surface area contributed by atoms with Crippen LogP contribution >= 0.6 is 11.6 Å². The minimum absolute atomic E-state index is 0.199. The third kappa shape index (κ3) is 2.40. The first-order valence-electron chi connectivity index (χ1n) is 3.91. The van der Waals surface area contributed by atoms with Gasteiger partial charge in [-0.05, 0) is 19.1 Å². The van der Waals surface area contributed by atoms with Gasteiger partial charge in [-0.3, -0.25) is 0 Å². The molecule has 0 bridgehead atoms. The molecule has 0 amide bonds. The summed E-state index contributed by atoms with van der Waals surface area (Å²) in [7, 11) is 0. The lowest BCUT2D eigenvalue weighted by Crippen LogP contribution is -2.24. The fourth-order valence-electron chi connectivity index (χ4n) is 1.02. The zero-order chi connectivity index (χ0) is 10.0. The molecule has 0 unspecified atom stereocenters. The van der Waals surface area contributed by atoms with Gasteiger partial charge >= 0.3 is 0 Å². The van der Waals surface area contributed by atoms with Crippen molar-refractivity contribution in [3.8, 4) is 0 Å². The van der Waals surface area contributed by atoms with Gasteiger partial charge in [0.1, 0.15) is 5.82 Å². The molecular weight excluding hydrogens is 193 g/mol. The Bertz CT molecular complexity index is 304. The van der Waals surface area contributed by atoms with E-state index in [4.69, 9.17) is 17.3 Å². The number of aliphatic hydroxyl groups excluding tert-OH is 1. The van der Waals surface area contributed by atoms with Gasteiger partial charge in [-0.2, -0.15) is 0 Å². The number of hydrogen-bond donors (Lipinski definition) is 2. The Hall–Kier alpha value is -0.640. The number of halogens is 2. The van der Waals surface area contributed by atoms with E-state index in [1.54, 1.807) is 6.92 Å². The molecule has 2 nitrogen and oxygen atoms in total. The molecule has 0 saturated heterocycles. The maximum Gasteiger partial charge on any atom is 0.124 e. The first-order valence-corrected chi connectivity index (χ1v) is 4.28. The van der Waals surface area contributed by atoms with Gasteiger partial charge in [0.25, 0.3) is 0 Å². The molecule has 0 heterocycles. The standard InChI is InChI=1S/C9H11ClFNO/c1-5(12)9(13)7-3-2-6(11)4-8(7)10/h2-5,9,13H,12H2,1H3/t5-,9-/m1/s1. The van der Waals surface area contributed by atoms with Crippen molar-refractivity contribution < 1.29 is 9.50 Å². The zero-order valence-corrected chi connectivity index (χ0v) is 7.92. The van der Waals surface area contributed by atoms with E-state index in [1.165, 1.54) is 12.1 Å². The Morgan fingerprint density at radius 3 is 2.62 bits per heavy atom. The molecule has 2 atom stereocenters. The highest BCUT2D eigenvalue weighted by Crippen LogP contribution is 2.25. The van der Waals surface area contributed by atoms with Crippen LogP contribution < -0.4 is 5.73 Å². The maximum atomic E-state index is 12.6. The van der Waals surface area contributed by atoms with Crippen LogP contribution in [0, 0.1) is 5.82 Å². The van der Waals surface area contributed by atoms with Gasteiger partial charge in [0.05, 0.1) is 6.10 Å². The van der Waals surface area contributed by atoms with Crippen molar-refractivity contribution in [1.82, 2.24) is 0 Å². The van der Waals surface area contributed by atoms with Gasteiger partial charge in [-0.25, -0.2) is 4.39 Å². The van der Waals surface area contributed by atoms with Crippen molar-refractivity contribution in [3.05, 3.63) is 34.6 Å². The normalized spacial score (nSPS) is 15.5. The molecule has 0 spiro atoms. The lowest BCUT2D eigenvalue weighted by molar-refractivity contribution is 0.153. The van der Waals surface area contributed by atoms with E-state index in [2.05, 4.69) is 0 Å². The van der Waals surface area contributed by atoms with Crippen molar-refractivity contribution in [2.45, 2.75) is 19.1 Å². The third-order valence-electron chi connectivity index (χ3n) is 1.78. The second kappa shape index (κ2) is 4.05. The molecule has 4 heteroatoms. The number of hydrogen-bond acceptors (Lipinski definition) is 2. The summed E-state index contributed by atoms with van der Waals surface area (Å²) in [6, 6.07) is 3.41. The largest absolute Gasteiger partial charge is 0.387 e. The summed E-state index contributed by atoms with van der Waals surface area (Å²) in [5.74, 6) is -0.425. The summed E-state index contributed by atoms with van der Waals surface area (Å²) in [4.78, 5) is 0. The van der Waals surface area contributed by atoms with Crippen LogP contribution in [0.4, 0.5) is 4.39 Å². The van der Waals surface area contributed by atoms with Crippen LogP contribution in [0.25, 0.3) is 0 Å². The fourth-order valence-corrected chi connectivity index (χ4v) is 1.30. The Morgan fingerprint density at radius 1 is 1.54 bits per heavy atom. The van der Waals surface area contributed by atoms with E-state index in [9.17, 15) is 9.50 Å². The summed E-state index contributed by atoms with van der Waals surface area (Å²) in [5.41, 5.74) is 5.93. The topological polar surface area (TPSA) is 46.2 Å². The summed E-state index contributed by atoms with van der Waals surface area (Å²) < 4.78 is 12.6. The third-order valence-corrected chi connectivity index (χ3v) is 2.11. The predicted molar refractivity (Wildman–Crippen MR) is 50.0 cm³/mol. The van der Waals surface area contributed by atoms with Gasteiger partial charge in [-0.1, -0.05) is 17.7 Å². The van der Waals surface area contributed by atoms with Crippen molar-refractivity contribution in [3.63, 3.8) is 0 Å². The Balaban J connectivity index is 3.01. The highest BCUT2D eigenvalue weighted by molar-refractivity contribution is 6.31. The SMILES string of the molecule is C[C@@H](N)[C@@H](O)c1ccc(F)cc1Cl. The van der Waals surface area contributed by atoms with E-state index in [0.29, 0.717) is 5.56 Å². The van der Waals surface area contributed by atoms with Crippen LogP contribution in [0.2, 0.25) is 5.02 Å². The quantitative estimate of drug-likeness (QED) is 0.771. The van der Waals surface area contributed by atoms with Gasteiger partial charge in [-0.15, -0.1) is 0 Å². The van der Waals surface area contributed by atoms with Crippen molar-refractivity contribution in [2.24, 2.45) is 5.73 Å². The molecule has 0 aliphatic rings. The van der Waals surface area contributed by atoms with Crippen molar-refractivity contribution >= 4 is 11.6 Å². The first kappa shape index (κ1) is 10.4. The zero-order valence-electron chi connectivity index (χ0n) is 7.17. The summed E-state index contributed by atoms with van der Waals surface area (Å²) >= 11 is 5.71. The molecule has 0 aliphatic carbocycles. The minimum Gasteiger partial charge on any atom is -0.387 e. The second-order valence-corrected chi connectivity index (χ2v) is 3.38. The number of aliphatic hydroxyl groups is 1. The van der Waals surface area contributed by atoms with Crippen LogP contribution in [0.5, 0.6) is 0 Å². The Kier molecular flexibility index (Phi) is 3.25. The molecule has 1 aromatic carbocycles. The highest BCUT2D eigenvalue weighted by atomic mass is 35.5. The van der Waals surface area contributed by atoms with Crippen LogP contribution in [0.1, 0.15) is 18.6 Å². The van der Waals surface area contributed by atoms with E-state index in [0.717, 1.165) is 6.07 Å². The number of nitrogens with two attached hydrogens (primary N) is 1. The molecule has 0 saturated carbocycles. The maximum absolute atomic E-state index is 12.6. The lowest BCUT2D eigenvalue weighted by atomic mass is 10.0. The molecule has 3 N–H and O–H groups in total. The highest BCUT2D eigenvalue weighted by Gasteiger charge is 2.15. The molecular formula is C9H11ClFNO. The second-order valence-electron chi connectivity index (χ2n) is 2.97. The van der Waals surface area contributed by atoms with Crippen molar-refractivity contribution in [1.29, 1.82) is 0 Å². The summed E-state index contributed by atoms with van der Waals surface area (Å²) in [6.45, 7) is 1.66. The van der Waals surface area contributed by atoms with E-state index in [-0.39, 0.29) is 5.02 Å². The molecule has 1 aromatic rings. The lowest BCUT2D eigenvalue weighted by Gasteiger charge is -2.15. The predicted octanol–water partition coefficient (Wildman–Crippen LogP) is 1.86. The van der Waals surface area contributed by atoms with Gasteiger partial charge in [0.2, 0.25) is 0 Å². The van der Waals surface area contributed by atoms with Crippen molar-refractivity contribution in [2.75, 3.05) is 0 Å². The van der Waals surface area contributed by atoms with Gasteiger partial charge in [0.15, 0.2) is 0 Å². The molecule has 72 valence electrons. The molecule has 0 radical (unpaired) electrons. The average molecular weight is 204 g/mol. The molecule has 13 heavy (non-hydrogen) atoms. The average Bonchev–Trinajstić information content (AvgIpc) is 2.03. The summed E-state index contributed by atoms with van der Waals surface area (Å²) in [6.07, 6.45) is -0.854. The van der Waals surface area contributed by atoms with Crippen LogP contribution in [-0.2, 0) is 0 Å². The summed E-state index contributed by atoms with van der Waals surface area (Å²) in [5, 5.41) is 9.74. The molecule has 0 aromatic heterocycles.